The Kier molecular flexibility index (Phi) is 6.19. The van der Waals surface area contributed by atoms with Gasteiger partial charge in [0.15, 0.2) is 0 Å². The van der Waals surface area contributed by atoms with Gasteiger partial charge in [-0.3, -0.25) is 0 Å². The maximum atomic E-state index is 12.3. The maximum absolute atomic E-state index is 12.3. The van der Waals surface area contributed by atoms with Crippen molar-refractivity contribution in [1.82, 2.24) is 9.62 Å². The van der Waals surface area contributed by atoms with Crippen molar-refractivity contribution in [2.45, 2.75) is 25.7 Å². The second-order valence-corrected chi connectivity index (χ2v) is 8.05. The predicted molar refractivity (Wildman–Crippen MR) is 88.1 cm³/mol. The Hall–Kier alpha value is -1.11. The van der Waals surface area contributed by atoms with Crippen LogP contribution in [-0.4, -0.2) is 47.0 Å². The zero-order valence-corrected chi connectivity index (χ0v) is 14.4. The minimum atomic E-state index is -3.46. The van der Waals surface area contributed by atoms with Gasteiger partial charge >= 0.3 is 0 Å². The Balaban J connectivity index is 2.73. The lowest BCUT2D eigenvalue weighted by Gasteiger charge is -2.28. The largest absolute Gasteiger partial charge is 0.385 e. The van der Waals surface area contributed by atoms with Crippen LogP contribution in [0.4, 0.5) is 5.69 Å². The standard InChI is InChI=1S/C15H27N3O2S/c1-6-16-13-7-9-14(10-8-13)21(19,20)17-11-15(2,3)12-18(4)5/h7-10,16-17H,6,11-12H2,1-5H3. The van der Waals surface area contributed by atoms with E-state index in [4.69, 9.17) is 0 Å². The fourth-order valence-corrected chi connectivity index (χ4v) is 3.48. The van der Waals surface area contributed by atoms with Crippen molar-refractivity contribution in [1.29, 1.82) is 0 Å². The highest BCUT2D eigenvalue weighted by molar-refractivity contribution is 7.89. The summed E-state index contributed by atoms with van der Waals surface area (Å²) in [5.41, 5.74) is 0.796. The second-order valence-electron chi connectivity index (χ2n) is 6.28. The second kappa shape index (κ2) is 7.24. The van der Waals surface area contributed by atoms with Crippen molar-refractivity contribution in [3.63, 3.8) is 0 Å². The van der Waals surface area contributed by atoms with Gasteiger partial charge in [0.05, 0.1) is 4.90 Å². The van der Waals surface area contributed by atoms with Crippen LogP contribution in [-0.2, 0) is 10.0 Å². The molecular weight excluding hydrogens is 286 g/mol. The Labute approximate surface area is 128 Å². The SMILES string of the molecule is CCNc1ccc(S(=O)(=O)NCC(C)(C)CN(C)C)cc1. The van der Waals surface area contributed by atoms with Gasteiger partial charge in [0.2, 0.25) is 10.0 Å². The molecule has 0 aliphatic carbocycles. The molecule has 0 radical (unpaired) electrons. The maximum Gasteiger partial charge on any atom is 0.240 e. The number of nitrogens with zero attached hydrogens (tertiary/aromatic N) is 1. The molecule has 0 bridgehead atoms. The minimum Gasteiger partial charge on any atom is -0.385 e. The number of nitrogens with one attached hydrogen (secondary N) is 2. The van der Waals surface area contributed by atoms with Gasteiger partial charge in [-0.05, 0) is 50.7 Å². The van der Waals surface area contributed by atoms with Crippen molar-refractivity contribution in [2.24, 2.45) is 5.41 Å². The zero-order valence-electron chi connectivity index (χ0n) is 13.6. The molecule has 0 aromatic heterocycles. The molecule has 0 fully saturated rings. The van der Waals surface area contributed by atoms with Gasteiger partial charge in [-0.25, -0.2) is 13.1 Å². The minimum absolute atomic E-state index is 0.125. The van der Waals surface area contributed by atoms with E-state index in [1.807, 2.05) is 34.9 Å². The van der Waals surface area contributed by atoms with Crippen molar-refractivity contribution in [2.75, 3.05) is 39.0 Å². The normalized spacial score (nSPS) is 12.7. The predicted octanol–water partition coefficient (Wildman–Crippen LogP) is 1.98. The van der Waals surface area contributed by atoms with Crippen molar-refractivity contribution >= 4 is 15.7 Å². The number of sulfonamides is 1. The first-order valence-electron chi connectivity index (χ1n) is 7.14. The number of rotatable bonds is 8. The lowest BCUT2D eigenvalue weighted by atomic mass is 9.93. The van der Waals surface area contributed by atoms with E-state index in [1.165, 1.54) is 0 Å². The van der Waals surface area contributed by atoms with Crippen LogP contribution in [0.1, 0.15) is 20.8 Å². The molecule has 6 heteroatoms. The Morgan fingerprint density at radius 3 is 2.19 bits per heavy atom. The average Bonchev–Trinajstić information content (AvgIpc) is 2.36. The lowest BCUT2D eigenvalue weighted by Crippen LogP contribution is -2.39. The van der Waals surface area contributed by atoms with E-state index in [0.29, 0.717) is 11.4 Å². The van der Waals surface area contributed by atoms with E-state index in [1.54, 1.807) is 24.3 Å². The molecular formula is C15H27N3O2S. The van der Waals surface area contributed by atoms with Crippen molar-refractivity contribution < 1.29 is 8.42 Å². The van der Waals surface area contributed by atoms with Crippen molar-refractivity contribution in [3.05, 3.63) is 24.3 Å². The smallest absolute Gasteiger partial charge is 0.240 e. The van der Waals surface area contributed by atoms with Crippen LogP contribution in [0.25, 0.3) is 0 Å². The van der Waals surface area contributed by atoms with Crippen LogP contribution in [0.15, 0.2) is 29.2 Å². The summed E-state index contributed by atoms with van der Waals surface area (Å²) in [7, 11) is 0.506. The molecule has 1 aromatic rings. The number of benzene rings is 1. The molecule has 0 heterocycles. The van der Waals surface area contributed by atoms with Gasteiger partial charge < -0.3 is 10.2 Å². The summed E-state index contributed by atoms with van der Waals surface area (Å²) in [4.78, 5) is 2.35. The summed E-state index contributed by atoms with van der Waals surface area (Å²) in [6, 6.07) is 6.81. The summed E-state index contributed by atoms with van der Waals surface area (Å²) in [5, 5.41) is 3.14. The molecule has 5 nitrogen and oxygen atoms in total. The monoisotopic (exact) mass is 313 g/mol. The summed E-state index contributed by atoms with van der Waals surface area (Å²) < 4.78 is 27.3. The topological polar surface area (TPSA) is 61.4 Å². The summed E-state index contributed by atoms with van der Waals surface area (Å²) in [5.74, 6) is 0. The third-order valence-corrected chi connectivity index (χ3v) is 4.45. The van der Waals surface area contributed by atoms with Gasteiger partial charge in [0.25, 0.3) is 0 Å². The summed E-state index contributed by atoms with van der Waals surface area (Å²) >= 11 is 0. The lowest BCUT2D eigenvalue weighted by molar-refractivity contribution is 0.242. The highest BCUT2D eigenvalue weighted by Gasteiger charge is 2.23. The van der Waals surface area contributed by atoms with E-state index in [0.717, 1.165) is 18.8 Å². The highest BCUT2D eigenvalue weighted by Crippen LogP contribution is 2.17. The molecule has 120 valence electrons. The molecule has 0 atom stereocenters. The molecule has 0 saturated heterocycles. The Morgan fingerprint density at radius 2 is 1.71 bits per heavy atom. The molecule has 0 amide bonds. The first kappa shape index (κ1) is 17.9. The first-order valence-corrected chi connectivity index (χ1v) is 8.63. The molecule has 0 aliphatic heterocycles. The number of anilines is 1. The van der Waals surface area contributed by atoms with Crippen molar-refractivity contribution in [3.8, 4) is 0 Å². The van der Waals surface area contributed by atoms with E-state index < -0.39 is 10.0 Å². The molecule has 0 unspecified atom stereocenters. The van der Waals surface area contributed by atoms with Crippen LogP contribution >= 0.6 is 0 Å². The Morgan fingerprint density at radius 1 is 1.14 bits per heavy atom. The molecule has 0 saturated carbocycles. The highest BCUT2D eigenvalue weighted by atomic mass is 32.2. The fraction of sp³-hybridized carbons (Fsp3) is 0.600. The van der Waals surface area contributed by atoms with Gasteiger partial charge in [0, 0.05) is 25.3 Å². The molecule has 2 N–H and O–H groups in total. The molecule has 0 spiro atoms. The van der Waals surface area contributed by atoms with E-state index in [9.17, 15) is 8.42 Å². The fourth-order valence-electron chi connectivity index (χ4n) is 2.24. The molecule has 1 aromatic carbocycles. The van der Waals surface area contributed by atoms with E-state index in [2.05, 4.69) is 14.9 Å². The van der Waals surface area contributed by atoms with E-state index >= 15 is 0 Å². The molecule has 0 aliphatic rings. The van der Waals surface area contributed by atoms with Crippen LogP contribution < -0.4 is 10.0 Å². The van der Waals surface area contributed by atoms with Gasteiger partial charge in [-0.2, -0.15) is 0 Å². The third kappa shape index (κ3) is 6.03. The van der Waals surface area contributed by atoms with Crippen LogP contribution in [0.3, 0.4) is 0 Å². The average molecular weight is 313 g/mol. The molecule has 21 heavy (non-hydrogen) atoms. The third-order valence-electron chi connectivity index (χ3n) is 3.03. The van der Waals surface area contributed by atoms with Crippen LogP contribution in [0.2, 0.25) is 0 Å². The quantitative estimate of drug-likeness (QED) is 0.770. The number of hydrogen-bond donors (Lipinski definition) is 2. The first-order chi connectivity index (χ1) is 9.66. The summed E-state index contributed by atoms with van der Waals surface area (Å²) in [6.45, 7) is 8.12. The van der Waals surface area contributed by atoms with E-state index in [-0.39, 0.29) is 5.41 Å². The van der Waals surface area contributed by atoms with Gasteiger partial charge in [-0.15, -0.1) is 0 Å². The zero-order chi connectivity index (χ0) is 16.1. The van der Waals surface area contributed by atoms with Gasteiger partial charge in [-0.1, -0.05) is 13.8 Å². The number of hydrogen-bond acceptors (Lipinski definition) is 4. The van der Waals surface area contributed by atoms with Crippen LogP contribution in [0, 0.1) is 5.41 Å². The summed E-state index contributed by atoms with van der Waals surface area (Å²) in [6.07, 6.45) is 0. The molecule has 1 rings (SSSR count). The Bertz CT molecular complexity index is 537. The van der Waals surface area contributed by atoms with Crippen LogP contribution in [0.5, 0.6) is 0 Å². The van der Waals surface area contributed by atoms with Gasteiger partial charge in [0.1, 0.15) is 0 Å².